The Balaban J connectivity index is 1.86. The van der Waals surface area contributed by atoms with Crippen LogP contribution in [0.3, 0.4) is 0 Å². The Kier molecular flexibility index (Phi) is 4.01. The highest BCUT2D eigenvalue weighted by molar-refractivity contribution is 5.95. The molecule has 0 spiro atoms. The summed E-state index contributed by atoms with van der Waals surface area (Å²) in [5.74, 6) is 0.195. The number of aromatic nitrogens is 1. The summed E-state index contributed by atoms with van der Waals surface area (Å²) in [6.07, 6.45) is 9.43. The normalized spacial score (nSPS) is 20.4. The van der Waals surface area contributed by atoms with Gasteiger partial charge in [0.1, 0.15) is 0 Å². The van der Waals surface area contributed by atoms with Gasteiger partial charge in [-0.25, -0.2) is 0 Å². The Morgan fingerprint density at radius 2 is 1.85 bits per heavy atom. The molecule has 0 aliphatic carbocycles. The van der Waals surface area contributed by atoms with E-state index in [-0.39, 0.29) is 5.91 Å². The summed E-state index contributed by atoms with van der Waals surface area (Å²) in [6, 6.07) is 0. The molecule has 1 aromatic heterocycles. The number of likely N-dealkylation sites (N-methyl/N-ethyl adjacent to an activating group) is 1. The van der Waals surface area contributed by atoms with E-state index in [0.29, 0.717) is 0 Å². The molecule has 0 saturated carbocycles. The predicted molar refractivity (Wildman–Crippen MR) is 78.6 cm³/mol. The minimum absolute atomic E-state index is 0.195. The summed E-state index contributed by atoms with van der Waals surface area (Å²) in [5.41, 5.74) is 3.30. The molecule has 2 aliphatic heterocycles. The molecule has 0 atom stereocenters. The molecule has 4 heteroatoms. The van der Waals surface area contributed by atoms with Crippen molar-refractivity contribution in [1.82, 2.24) is 14.8 Å². The van der Waals surface area contributed by atoms with Gasteiger partial charge in [-0.3, -0.25) is 9.78 Å². The van der Waals surface area contributed by atoms with Crippen molar-refractivity contribution in [1.29, 1.82) is 0 Å². The largest absolute Gasteiger partial charge is 0.339 e. The van der Waals surface area contributed by atoms with Gasteiger partial charge in [-0.1, -0.05) is 12.8 Å². The maximum atomic E-state index is 12.8. The van der Waals surface area contributed by atoms with Crippen LogP contribution in [0.25, 0.3) is 0 Å². The van der Waals surface area contributed by atoms with Crippen molar-refractivity contribution < 1.29 is 4.79 Å². The van der Waals surface area contributed by atoms with Crippen molar-refractivity contribution in [3.8, 4) is 0 Å². The molecule has 0 aromatic carbocycles. The van der Waals surface area contributed by atoms with E-state index in [1.165, 1.54) is 24.0 Å². The van der Waals surface area contributed by atoms with E-state index in [2.05, 4.69) is 16.9 Å². The van der Waals surface area contributed by atoms with Crippen LogP contribution in [0.4, 0.5) is 0 Å². The fourth-order valence-corrected chi connectivity index (χ4v) is 3.26. The SMILES string of the molecule is CN1CCc2c(cncc2C(=O)N2CCCCCC2)C1. The van der Waals surface area contributed by atoms with Gasteiger partial charge in [-0.05, 0) is 37.4 Å². The molecule has 1 saturated heterocycles. The maximum Gasteiger partial charge on any atom is 0.255 e. The van der Waals surface area contributed by atoms with Gasteiger partial charge in [0.15, 0.2) is 0 Å². The molecule has 2 aliphatic rings. The van der Waals surface area contributed by atoms with Crippen LogP contribution in [0.15, 0.2) is 12.4 Å². The number of amides is 1. The standard InChI is InChI=1S/C16H23N3O/c1-18-9-6-14-13(12-18)10-17-11-15(14)16(20)19-7-4-2-3-5-8-19/h10-11H,2-9,12H2,1H3. The molecule has 0 unspecified atom stereocenters. The number of hydrogen-bond donors (Lipinski definition) is 0. The minimum atomic E-state index is 0.195. The smallest absolute Gasteiger partial charge is 0.255 e. The molecule has 3 rings (SSSR count). The molecular formula is C16H23N3O. The van der Waals surface area contributed by atoms with E-state index >= 15 is 0 Å². The van der Waals surface area contributed by atoms with E-state index in [9.17, 15) is 4.79 Å². The highest BCUT2D eigenvalue weighted by Crippen LogP contribution is 2.23. The van der Waals surface area contributed by atoms with Crippen molar-refractivity contribution in [3.63, 3.8) is 0 Å². The van der Waals surface area contributed by atoms with Crippen LogP contribution >= 0.6 is 0 Å². The molecule has 20 heavy (non-hydrogen) atoms. The fourth-order valence-electron chi connectivity index (χ4n) is 3.26. The molecule has 1 aromatic rings. The van der Waals surface area contributed by atoms with E-state index in [1.807, 2.05) is 11.1 Å². The molecule has 0 radical (unpaired) electrons. The van der Waals surface area contributed by atoms with E-state index in [0.717, 1.165) is 51.0 Å². The number of rotatable bonds is 1. The second-order valence-electron chi connectivity index (χ2n) is 6.02. The Morgan fingerprint density at radius 3 is 2.60 bits per heavy atom. The van der Waals surface area contributed by atoms with Gasteiger partial charge < -0.3 is 9.80 Å². The highest BCUT2D eigenvalue weighted by atomic mass is 16.2. The fraction of sp³-hybridized carbons (Fsp3) is 0.625. The number of likely N-dealkylation sites (tertiary alicyclic amines) is 1. The minimum Gasteiger partial charge on any atom is -0.339 e. The maximum absolute atomic E-state index is 12.8. The summed E-state index contributed by atoms with van der Waals surface area (Å²) in [4.78, 5) is 21.4. The molecule has 4 nitrogen and oxygen atoms in total. The third kappa shape index (κ3) is 2.70. The first-order valence-corrected chi connectivity index (χ1v) is 7.69. The lowest BCUT2D eigenvalue weighted by Crippen LogP contribution is -2.34. The molecule has 108 valence electrons. The van der Waals surface area contributed by atoms with Gasteiger partial charge in [0.2, 0.25) is 0 Å². The van der Waals surface area contributed by atoms with Crippen molar-refractivity contribution in [3.05, 3.63) is 29.1 Å². The van der Waals surface area contributed by atoms with Crippen LogP contribution in [0, 0.1) is 0 Å². The monoisotopic (exact) mass is 273 g/mol. The first-order valence-electron chi connectivity index (χ1n) is 7.69. The second-order valence-corrected chi connectivity index (χ2v) is 6.02. The first-order chi connectivity index (χ1) is 9.75. The predicted octanol–water partition coefficient (Wildman–Crippen LogP) is 2.09. The van der Waals surface area contributed by atoms with E-state index in [1.54, 1.807) is 6.20 Å². The zero-order valence-electron chi connectivity index (χ0n) is 12.3. The number of pyridine rings is 1. The highest BCUT2D eigenvalue weighted by Gasteiger charge is 2.24. The summed E-state index contributed by atoms with van der Waals surface area (Å²) < 4.78 is 0. The lowest BCUT2D eigenvalue weighted by molar-refractivity contribution is 0.0759. The van der Waals surface area contributed by atoms with Gasteiger partial charge in [0.05, 0.1) is 5.56 Å². The zero-order valence-corrected chi connectivity index (χ0v) is 12.3. The molecule has 1 amide bonds. The Morgan fingerprint density at radius 1 is 1.10 bits per heavy atom. The van der Waals surface area contributed by atoms with E-state index < -0.39 is 0 Å². The average Bonchev–Trinajstić information content (AvgIpc) is 2.74. The van der Waals surface area contributed by atoms with Crippen molar-refractivity contribution in [2.75, 3.05) is 26.7 Å². The molecular weight excluding hydrogens is 250 g/mol. The van der Waals surface area contributed by atoms with Gasteiger partial charge >= 0.3 is 0 Å². The number of fused-ring (bicyclic) bond motifs is 1. The zero-order chi connectivity index (χ0) is 13.9. The van der Waals surface area contributed by atoms with Gasteiger partial charge in [0.25, 0.3) is 5.91 Å². The molecule has 3 heterocycles. The first kappa shape index (κ1) is 13.6. The summed E-state index contributed by atoms with van der Waals surface area (Å²) in [5, 5.41) is 0. The molecule has 0 N–H and O–H groups in total. The Bertz CT molecular complexity index is 492. The summed E-state index contributed by atoms with van der Waals surface area (Å²) in [7, 11) is 2.12. The van der Waals surface area contributed by atoms with Gasteiger partial charge in [-0.2, -0.15) is 0 Å². The van der Waals surface area contributed by atoms with Gasteiger partial charge in [0, 0.05) is 38.6 Å². The van der Waals surface area contributed by atoms with Crippen LogP contribution in [-0.4, -0.2) is 47.4 Å². The second kappa shape index (κ2) is 5.92. The van der Waals surface area contributed by atoms with Crippen LogP contribution in [0.1, 0.15) is 47.2 Å². The summed E-state index contributed by atoms with van der Waals surface area (Å²) >= 11 is 0. The third-order valence-corrected chi connectivity index (χ3v) is 4.45. The topological polar surface area (TPSA) is 36.4 Å². The lowest BCUT2D eigenvalue weighted by Gasteiger charge is -2.28. The quantitative estimate of drug-likeness (QED) is 0.786. The number of nitrogens with zero attached hydrogens (tertiary/aromatic N) is 3. The van der Waals surface area contributed by atoms with Gasteiger partial charge in [-0.15, -0.1) is 0 Å². The Labute approximate surface area is 120 Å². The van der Waals surface area contributed by atoms with Crippen molar-refractivity contribution in [2.45, 2.75) is 38.6 Å². The van der Waals surface area contributed by atoms with Crippen LogP contribution in [-0.2, 0) is 13.0 Å². The number of carbonyl (C=O) groups is 1. The van der Waals surface area contributed by atoms with Crippen LogP contribution in [0.2, 0.25) is 0 Å². The van der Waals surface area contributed by atoms with Crippen LogP contribution in [0.5, 0.6) is 0 Å². The summed E-state index contributed by atoms with van der Waals surface area (Å²) in [6.45, 7) is 3.74. The van der Waals surface area contributed by atoms with Crippen molar-refractivity contribution >= 4 is 5.91 Å². The molecule has 0 bridgehead atoms. The average molecular weight is 273 g/mol. The third-order valence-electron chi connectivity index (χ3n) is 4.45. The Hall–Kier alpha value is -1.42. The van der Waals surface area contributed by atoms with Crippen LogP contribution < -0.4 is 0 Å². The van der Waals surface area contributed by atoms with E-state index in [4.69, 9.17) is 0 Å². The number of hydrogen-bond acceptors (Lipinski definition) is 3. The molecule has 1 fully saturated rings. The number of carbonyl (C=O) groups excluding carboxylic acids is 1. The lowest BCUT2D eigenvalue weighted by atomic mass is 9.96. The van der Waals surface area contributed by atoms with Crippen molar-refractivity contribution in [2.24, 2.45) is 0 Å².